The zero-order valence-corrected chi connectivity index (χ0v) is 13.7. The van der Waals surface area contributed by atoms with Crippen molar-refractivity contribution in [1.82, 2.24) is 4.72 Å². The number of nitrogens with zero attached hydrogens (tertiary/aromatic N) is 2. The Balaban J connectivity index is 2.34. The lowest BCUT2D eigenvalue weighted by molar-refractivity contribution is -0.384. The zero-order chi connectivity index (χ0) is 18.6. The lowest BCUT2D eigenvalue weighted by Crippen LogP contribution is -2.28. The topological polar surface area (TPSA) is 139 Å². The van der Waals surface area contributed by atoms with Crippen LogP contribution in [0.5, 0.6) is 5.75 Å². The molecule has 0 aromatic heterocycles. The van der Waals surface area contributed by atoms with Crippen LogP contribution in [-0.2, 0) is 14.8 Å². The molecule has 0 fully saturated rings. The highest BCUT2D eigenvalue weighted by atomic mass is 32.2. The molecular weight excluding hydrogens is 350 g/mol. The monoisotopic (exact) mass is 363 g/mol. The fraction of sp³-hybridized carbons (Fsp3) is 0.0667. The van der Waals surface area contributed by atoms with Gasteiger partial charge in [-0.25, -0.2) is 13.1 Å². The molecule has 0 saturated heterocycles. The van der Waals surface area contributed by atoms with E-state index in [1.807, 2.05) is 4.72 Å². The van der Waals surface area contributed by atoms with Gasteiger partial charge in [-0.3, -0.25) is 19.9 Å². The van der Waals surface area contributed by atoms with E-state index in [2.05, 4.69) is 4.99 Å². The number of hydrogen-bond donors (Lipinski definition) is 2. The minimum absolute atomic E-state index is 0.101. The molecule has 130 valence electrons. The van der Waals surface area contributed by atoms with E-state index in [4.69, 9.17) is 0 Å². The number of carbonyl (C=O) groups excluding carboxylic acids is 1. The molecule has 0 aliphatic carbocycles. The van der Waals surface area contributed by atoms with Crippen LogP contribution in [0.1, 0.15) is 12.5 Å². The molecule has 0 saturated carbocycles. The number of phenols is 1. The van der Waals surface area contributed by atoms with Crippen molar-refractivity contribution in [2.45, 2.75) is 11.8 Å². The van der Waals surface area contributed by atoms with E-state index in [1.54, 1.807) is 0 Å². The maximum absolute atomic E-state index is 11.9. The molecule has 0 aliphatic heterocycles. The number of hydrogen-bond acceptors (Lipinski definition) is 7. The maximum atomic E-state index is 11.9. The smallest absolute Gasteiger partial charge is 0.270 e. The van der Waals surface area contributed by atoms with E-state index in [9.17, 15) is 28.4 Å². The number of phenolic OH excluding ortho intramolecular Hbond substituents is 1. The number of non-ortho nitro benzene ring substituents is 1. The molecule has 9 nitrogen and oxygen atoms in total. The Labute approximate surface area is 142 Å². The Morgan fingerprint density at radius 3 is 2.64 bits per heavy atom. The molecule has 1 amide bonds. The van der Waals surface area contributed by atoms with Crippen molar-refractivity contribution in [3.05, 3.63) is 58.1 Å². The molecule has 10 heteroatoms. The van der Waals surface area contributed by atoms with Crippen LogP contribution in [0.3, 0.4) is 0 Å². The molecule has 2 aromatic carbocycles. The van der Waals surface area contributed by atoms with Crippen LogP contribution < -0.4 is 4.72 Å². The number of aliphatic imine (C=N–C) groups is 1. The van der Waals surface area contributed by atoms with Crippen molar-refractivity contribution >= 4 is 33.5 Å². The summed E-state index contributed by atoms with van der Waals surface area (Å²) < 4.78 is 25.7. The number of benzene rings is 2. The Morgan fingerprint density at radius 1 is 1.28 bits per heavy atom. The second-order valence-electron chi connectivity index (χ2n) is 4.92. The van der Waals surface area contributed by atoms with Crippen LogP contribution >= 0.6 is 0 Å². The van der Waals surface area contributed by atoms with Gasteiger partial charge in [0.1, 0.15) is 5.75 Å². The third kappa shape index (κ3) is 4.61. The van der Waals surface area contributed by atoms with Gasteiger partial charge in [-0.2, -0.15) is 0 Å². The van der Waals surface area contributed by atoms with E-state index < -0.39 is 20.9 Å². The molecule has 25 heavy (non-hydrogen) atoms. The van der Waals surface area contributed by atoms with Crippen LogP contribution in [0.15, 0.2) is 52.4 Å². The summed E-state index contributed by atoms with van der Waals surface area (Å²) in [6.45, 7) is 1.07. The van der Waals surface area contributed by atoms with Crippen LogP contribution in [0.25, 0.3) is 0 Å². The second kappa shape index (κ2) is 7.09. The molecule has 0 atom stereocenters. The molecule has 0 aliphatic rings. The molecule has 0 bridgehead atoms. The minimum Gasteiger partial charge on any atom is -0.507 e. The maximum Gasteiger partial charge on any atom is 0.270 e. The fourth-order valence-corrected chi connectivity index (χ4v) is 2.91. The van der Waals surface area contributed by atoms with Gasteiger partial charge in [0.15, 0.2) is 0 Å². The summed E-state index contributed by atoms with van der Waals surface area (Å²) in [5.41, 5.74) is 0.0999. The van der Waals surface area contributed by atoms with Gasteiger partial charge in [0.2, 0.25) is 5.91 Å². The normalized spacial score (nSPS) is 11.4. The predicted octanol–water partition coefficient (Wildman–Crippen LogP) is 1.88. The number of aromatic hydroxyl groups is 1. The number of amides is 1. The van der Waals surface area contributed by atoms with Crippen LogP contribution in [0, 0.1) is 10.1 Å². The molecule has 2 N–H and O–H groups in total. The number of nitro benzene ring substituents is 1. The predicted molar refractivity (Wildman–Crippen MR) is 89.5 cm³/mol. The standard InChI is InChI=1S/C15H13N3O6S/c1-10(19)17-25(23,24)14-4-2-3-12(8-14)16-9-11-7-13(18(21)22)5-6-15(11)20/h2-9,20H,1H3,(H,17,19)/b16-9+. The highest BCUT2D eigenvalue weighted by Crippen LogP contribution is 2.23. The summed E-state index contributed by atoms with van der Waals surface area (Å²) in [7, 11) is -4.00. The van der Waals surface area contributed by atoms with E-state index >= 15 is 0 Å². The Morgan fingerprint density at radius 2 is 2.00 bits per heavy atom. The highest BCUT2D eigenvalue weighted by Gasteiger charge is 2.15. The van der Waals surface area contributed by atoms with Gasteiger partial charge in [0.05, 0.1) is 15.5 Å². The zero-order valence-electron chi connectivity index (χ0n) is 12.9. The number of carbonyl (C=O) groups is 1. The average Bonchev–Trinajstić information content (AvgIpc) is 2.53. The van der Waals surface area contributed by atoms with Crippen molar-refractivity contribution in [3.8, 4) is 5.75 Å². The van der Waals surface area contributed by atoms with E-state index in [1.165, 1.54) is 30.5 Å². The summed E-state index contributed by atoms with van der Waals surface area (Å²) >= 11 is 0. The largest absolute Gasteiger partial charge is 0.507 e. The lowest BCUT2D eigenvalue weighted by atomic mass is 10.2. The molecule has 2 aromatic rings. The third-order valence-electron chi connectivity index (χ3n) is 2.98. The number of nitro groups is 1. The van der Waals surface area contributed by atoms with Crippen molar-refractivity contribution in [2.24, 2.45) is 4.99 Å². The summed E-state index contributed by atoms with van der Waals surface area (Å²) in [6.07, 6.45) is 1.17. The Kier molecular flexibility index (Phi) is 5.13. The third-order valence-corrected chi connectivity index (χ3v) is 4.41. The first-order valence-corrected chi connectivity index (χ1v) is 8.32. The average molecular weight is 363 g/mol. The van der Waals surface area contributed by atoms with Gasteiger partial charge in [-0.05, 0) is 24.3 Å². The van der Waals surface area contributed by atoms with Gasteiger partial charge < -0.3 is 5.11 Å². The van der Waals surface area contributed by atoms with E-state index in [0.717, 1.165) is 25.1 Å². The first-order valence-electron chi connectivity index (χ1n) is 6.84. The SMILES string of the molecule is CC(=O)NS(=O)(=O)c1cccc(/N=C/c2cc([N+](=O)[O-])ccc2O)c1. The molecule has 0 heterocycles. The van der Waals surface area contributed by atoms with Gasteiger partial charge >= 0.3 is 0 Å². The first-order chi connectivity index (χ1) is 11.7. The number of nitrogens with one attached hydrogen (secondary N) is 1. The van der Waals surface area contributed by atoms with Crippen molar-refractivity contribution < 1.29 is 23.2 Å². The van der Waals surface area contributed by atoms with E-state index in [-0.39, 0.29) is 27.6 Å². The number of rotatable bonds is 5. The van der Waals surface area contributed by atoms with Crippen LogP contribution in [-0.4, -0.2) is 30.6 Å². The molecule has 2 rings (SSSR count). The highest BCUT2D eigenvalue weighted by molar-refractivity contribution is 7.90. The van der Waals surface area contributed by atoms with Gasteiger partial charge in [-0.15, -0.1) is 0 Å². The molecule has 0 spiro atoms. The van der Waals surface area contributed by atoms with E-state index in [0.29, 0.717) is 0 Å². The molecular formula is C15H13N3O6S. The lowest BCUT2D eigenvalue weighted by Gasteiger charge is -2.05. The first kappa shape index (κ1) is 18.1. The van der Waals surface area contributed by atoms with Gasteiger partial charge in [-0.1, -0.05) is 6.07 Å². The van der Waals surface area contributed by atoms with Crippen molar-refractivity contribution in [2.75, 3.05) is 0 Å². The van der Waals surface area contributed by atoms with Gasteiger partial charge in [0, 0.05) is 30.8 Å². The number of sulfonamides is 1. The summed E-state index contributed by atoms with van der Waals surface area (Å²) in [6, 6.07) is 8.87. The molecule has 0 unspecified atom stereocenters. The summed E-state index contributed by atoms with van der Waals surface area (Å²) in [5, 5.41) is 20.5. The summed E-state index contributed by atoms with van der Waals surface area (Å²) in [5.74, 6) is -0.938. The second-order valence-corrected chi connectivity index (χ2v) is 6.60. The van der Waals surface area contributed by atoms with Crippen molar-refractivity contribution in [1.29, 1.82) is 0 Å². The summed E-state index contributed by atoms with van der Waals surface area (Å²) in [4.78, 5) is 24.9. The minimum atomic E-state index is -4.00. The van der Waals surface area contributed by atoms with Crippen LogP contribution in [0.4, 0.5) is 11.4 Å². The molecule has 0 radical (unpaired) electrons. The van der Waals surface area contributed by atoms with Crippen molar-refractivity contribution in [3.63, 3.8) is 0 Å². The quantitative estimate of drug-likeness (QED) is 0.472. The fourth-order valence-electron chi connectivity index (χ4n) is 1.88. The Hall–Kier alpha value is -3.27. The van der Waals surface area contributed by atoms with Crippen LogP contribution in [0.2, 0.25) is 0 Å². The Bertz CT molecular complexity index is 969. The van der Waals surface area contributed by atoms with Gasteiger partial charge in [0.25, 0.3) is 15.7 Å².